The van der Waals surface area contributed by atoms with Gasteiger partial charge in [-0.2, -0.15) is 0 Å². The number of rotatable bonds is 3. The fraction of sp³-hybridized carbons (Fsp3) is 0.167. The average molecular weight is 286 g/mol. The van der Waals surface area contributed by atoms with Gasteiger partial charge in [-0.15, -0.1) is 0 Å². The quantitative estimate of drug-likeness (QED) is 0.871. The lowest BCUT2D eigenvalue weighted by molar-refractivity contribution is 0.627. The predicted molar refractivity (Wildman–Crippen MR) is 70.5 cm³/mol. The van der Waals surface area contributed by atoms with E-state index in [2.05, 4.69) is 15.3 Å². The molecule has 1 aromatic heterocycles. The molecule has 3 nitrogen and oxygen atoms in total. The number of aromatic nitrogens is 2. The van der Waals surface area contributed by atoms with E-state index in [9.17, 15) is 4.39 Å². The van der Waals surface area contributed by atoms with E-state index in [4.69, 9.17) is 23.2 Å². The average Bonchev–Trinajstić information content (AvgIpc) is 2.35. The van der Waals surface area contributed by atoms with E-state index in [1.165, 1.54) is 12.4 Å². The van der Waals surface area contributed by atoms with E-state index in [-0.39, 0.29) is 5.02 Å². The lowest BCUT2D eigenvalue weighted by Gasteiger charge is -2.09. The third kappa shape index (κ3) is 2.89. The molecule has 2 rings (SSSR count). The van der Waals surface area contributed by atoms with Crippen molar-refractivity contribution in [1.82, 2.24) is 9.97 Å². The maximum Gasteiger partial charge on any atom is 0.141 e. The van der Waals surface area contributed by atoms with Gasteiger partial charge in [0.1, 0.15) is 23.1 Å². The summed E-state index contributed by atoms with van der Waals surface area (Å²) in [5.41, 5.74) is 1.63. The second kappa shape index (κ2) is 5.50. The lowest BCUT2D eigenvalue weighted by atomic mass is 10.2. The molecule has 0 aliphatic carbocycles. The van der Waals surface area contributed by atoms with Crippen LogP contribution < -0.4 is 5.32 Å². The Morgan fingerprint density at radius 1 is 1.28 bits per heavy atom. The van der Waals surface area contributed by atoms with Gasteiger partial charge >= 0.3 is 0 Å². The molecule has 0 aliphatic rings. The van der Waals surface area contributed by atoms with Gasteiger partial charge in [-0.05, 0) is 24.6 Å². The normalized spacial score (nSPS) is 10.4. The first kappa shape index (κ1) is 13.1. The second-order valence-corrected chi connectivity index (χ2v) is 4.51. The number of nitrogens with zero attached hydrogens (tertiary/aromatic N) is 2. The molecule has 0 saturated carbocycles. The Kier molecular flexibility index (Phi) is 3.99. The number of anilines is 1. The van der Waals surface area contributed by atoms with Crippen molar-refractivity contribution in [2.24, 2.45) is 0 Å². The molecule has 94 valence electrons. The van der Waals surface area contributed by atoms with Crippen LogP contribution in [-0.2, 0) is 6.54 Å². The Morgan fingerprint density at radius 2 is 2.06 bits per heavy atom. The van der Waals surface area contributed by atoms with Crippen LogP contribution in [0.1, 0.15) is 11.1 Å². The first-order valence-electron chi connectivity index (χ1n) is 5.23. The summed E-state index contributed by atoms with van der Waals surface area (Å²) in [7, 11) is 0. The summed E-state index contributed by atoms with van der Waals surface area (Å²) in [5, 5.41) is 3.61. The van der Waals surface area contributed by atoms with Gasteiger partial charge in [0.15, 0.2) is 0 Å². The molecule has 0 fully saturated rings. The van der Waals surface area contributed by atoms with Crippen molar-refractivity contribution in [3.63, 3.8) is 0 Å². The summed E-state index contributed by atoms with van der Waals surface area (Å²) >= 11 is 11.6. The van der Waals surface area contributed by atoms with E-state index in [1.807, 2.05) is 6.92 Å². The zero-order valence-corrected chi connectivity index (χ0v) is 11.1. The van der Waals surface area contributed by atoms with Crippen molar-refractivity contribution >= 4 is 29.0 Å². The fourth-order valence-electron chi connectivity index (χ4n) is 1.44. The van der Waals surface area contributed by atoms with Crippen LogP contribution in [0.4, 0.5) is 10.2 Å². The molecule has 2 aromatic rings. The molecule has 18 heavy (non-hydrogen) atoms. The van der Waals surface area contributed by atoms with Gasteiger partial charge in [0.05, 0.1) is 5.02 Å². The predicted octanol–water partition coefficient (Wildman–Crippen LogP) is 3.84. The Bertz CT molecular complexity index is 575. The number of hydrogen-bond acceptors (Lipinski definition) is 3. The molecule has 6 heteroatoms. The highest BCUT2D eigenvalue weighted by Gasteiger charge is 2.05. The summed E-state index contributed by atoms with van der Waals surface area (Å²) in [6, 6.07) is 4.56. The lowest BCUT2D eigenvalue weighted by Crippen LogP contribution is -2.04. The van der Waals surface area contributed by atoms with E-state index in [1.54, 1.807) is 12.1 Å². The minimum atomic E-state index is -0.429. The first-order chi connectivity index (χ1) is 8.58. The van der Waals surface area contributed by atoms with Crippen LogP contribution >= 0.6 is 23.2 Å². The topological polar surface area (TPSA) is 37.8 Å². The van der Waals surface area contributed by atoms with Gasteiger partial charge in [-0.1, -0.05) is 29.3 Å². The second-order valence-electron chi connectivity index (χ2n) is 3.74. The molecule has 0 atom stereocenters. The Hall–Kier alpha value is -1.39. The van der Waals surface area contributed by atoms with Crippen LogP contribution in [0.2, 0.25) is 10.2 Å². The van der Waals surface area contributed by atoms with E-state index >= 15 is 0 Å². The van der Waals surface area contributed by atoms with Gasteiger partial charge in [-0.3, -0.25) is 0 Å². The van der Waals surface area contributed by atoms with Crippen LogP contribution in [0.25, 0.3) is 0 Å². The van der Waals surface area contributed by atoms with Gasteiger partial charge in [0.25, 0.3) is 0 Å². The minimum absolute atomic E-state index is 0.103. The van der Waals surface area contributed by atoms with Gasteiger partial charge < -0.3 is 5.32 Å². The SMILES string of the molecule is Cc1c(Cl)ncnc1NCc1ccc(F)c(Cl)c1. The third-order valence-electron chi connectivity index (χ3n) is 2.47. The zero-order chi connectivity index (χ0) is 13.1. The highest BCUT2D eigenvalue weighted by atomic mass is 35.5. The minimum Gasteiger partial charge on any atom is -0.366 e. The fourth-order valence-corrected chi connectivity index (χ4v) is 1.78. The van der Waals surface area contributed by atoms with Crippen molar-refractivity contribution in [3.8, 4) is 0 Å². The maximum absolute atomic E-state index is 13.0. The number of nitrogens with one attached hydrogen (secondary N) is 1. The monoisotopic (exact) mass is 285 g/mol. The van der Waals surface area contributed by atoms with Gasteiger partial charge in [-0.25, -0.2) is 14.4 Å². The molecular formula is C12H10Cl2FN3. The number of hydrogen-bond donors (Lipinski definition) is 1. The number of halogens is 3. The largest absolute Gasteiger partial charge is 0.366 e. The molecule has 1 heterocycles. The molecule has 0 aliphatic heterocycles. The smallest absolute Gasteiger partial charge is 0.141 e. The third-order valence-corrected chi connectivity index (χ3v) is 3.14. The number of benzene rings is 1. The summed E-state index contributed by atoms with van der Waals surface area (Å²) in [6.45, 7) is 2.30. The summed E-state index contributed by atoms with van der Waals surface area (Å²) < 4.78 is 13.0. The van der Waals surface area contributed by atoms with Crippen LogP contribution in [0.15, 0.2) is 24.5 Å². The molecule has 0 spiro atoms. The Balaban J connectivity index is 2.11. The molecule has 0 radical (unpaired) electrons. The maximum atomic E-state index is 13.0. The van der Waals surface area contributed by atoms with Crippen molar-refractivity contribution in [3.05, 3.63) is 51.6 Å². The van der Waals surface area contributed by atoms with Crippen molar-refractivity contribution in [1.29, 1.82) is 0 Å². The molecular weight excluding hydrogens is 276 g/mol. The Morgan fingerprint density at radius 3 is 2.78 bits per heavy atom. The zero-order valence-electron chi connectivity index (χ0n) is 9.54. The van der Waals surface area contributed by atoms with Crippen molar-refractivity contribution < 1.29 is 4.39 Å². The van der Waals surface area contributed by atoms with Crippen molar-refractivity contribution in [2.45, 2.75) is 13.5 Å². The van der Waals surface area contributed by atoms with Crippen LogP contribution in [0.5, 0.6) is 0 Å². The molecule has 1 N–H and O–H groups in total. The van der Waals surface area contributed by atoms with Crippen molar-refractivity contribution in [2.75, 3.05) is 5.32 Å². The Labute approximate surface area is 114 Å². The van der Waals surface area contributed by atoms with Gasteiger partial charge in [0.2, 0.25) is 0 Å². The van der Waals surface area contributed by atoms with E-state index in [0.29, 0.717) is 17.5 Å². The first-order valence-corrected chi connectivity index (χ1v) is 5.98. The van der Waals surface area contributed by atoms with Gasteiger partial charge in [0, 0.05) is 12.1 Å². The van der Waals surface area contributed by atoms with E-state index in [0.717, 1.165) is 11.1 Å². The van der Waals surface area contributed by atoms with Crippen LogP contribution in [0, 0.1) is 12.7 Å². The van der Waals surface area contributed by atoms with Crippen LogP contribution in [0.3, 0.4) is 0 Å². The summed E-state index contributed by atoms with van der Waals surface area (Å²) in [5.74, 6) is 0.220. The molecule has 0 amide bonds. The molecule has 1 aromatic carbocycles. The van der Waals surface area contributed by atoms with Crippen LogP contribution in [-0.4, -0.2) is 9.97 Å². The summed E-state index contributed by atoms with van der Waals surface area (Å²) in [6.07, 6.45) is 1.38. The highest BCUT2D eigenvalue weighted by molar-refractivity contribution is 6.31. The highest BCUT2D eigenvalue weighted by Crippen LogP contribution is 2.20. The van der Waals surface area contributed by atoms with E-state index < -0.39 is 5.82 Å². The molecule has 0 unspecified atom stereocenters. The molecule has 0 saturated heterocycles. The summed E-state index contributed by atoms with van der Waals surface area (Å²) in [4.78, 5) is 7.94. The molecule has 0 bridgehead atoms. The standard InChI is InChI=1S/C12H10Cl2FN3/c1-7-11(14)17-6-18-12(7)16-5-8-2-3-10(15)9(13)4-8/h2-4,6H,5H2,1H3,(H,16,17,18).